The summed E-state index contributed by atoms with van der Waals surface area (Å²) in [7, 11) is 3.01. The van der Waals surface area contributed by atoms with Crippen LogP contribution >= 0.6 is 0 Å². The number of halogens is 1. The van der Waals surface area contributed by atoms with Gasteiger partial charge in [-0.25, -0.2) is 9.07 Å². The van der Waals surface area contributed by atoms with E-state index in [0.29, 0.717) is 39.5 Å². The molecule has 5 aromatic rings. The summed E-state index contributed by atoms with van der Waals surface area (Å²) >= 11 is 0. The highest BCUT2D eigenvalue weighted by molar-refractivity contribution is 6.05. The van der Waals surface area contributed by atoms with Gasteiger partial charge < -0.3 is 30.4 Å². The summed E-state index contributed by atoms with van der Waals surface area (Å²) in [4.78, 5) is 42.9. The standard InChI is InChI=1S/C34H34FN5O7/c1-19(14-25(36)34(43)44)18-39-20(2)31(33(42)40(39)22-8-6-5-7-9-22)32(41)38-21-10-11-28(24(35)15-21)47-27-12-13-37-26-17-30(46-4)29(45-3)16-23(26)27/h5-13,15-17,19,25H,14,18,36H2,1-4H3,(H,38,41)(H,43,44)/t19-,25?/m1/s1. The van der Waals surface area contributed by atoms with E-state index in [0.717, 1.165) is 6.07 Å². The van der Waals surface area contributed by atoms with Crippen LogP contribution in [-0.2, 0) is 11.3 Å². The molecule has 1 amide bonds. The number of benzene rings is 3. The molecule has 13 heteroatoms. The Labute approximate surface area is 269 Å². The number of fused-ring (bicyclic) bond motifs is 1. The van der Waals surface area contributed by atoms with Gasteiger partial charge in [0, 0.05) is 35.9 Å². The smallest absolute Gasteiger partial charge is 0.320 e. The molecular weight excluding hydrogens is 609 g/mol. The van der Waals surface area contributed by atoms with Crippen molar-refractivity contribution in [2.45, 2.75) is 32.9 Å². The Morgan fingerprint density at radius 3 is 2.36 bits per heavy atom. The fourth-order valence-electron chi connectivity index (χ4n) is 5.37. The highest BCUT2D eigenvalue weighted by Gasteiger charge is 2.26. The summed E-state index contributed by atoms with van der Waals surface area (Å²) in [6.07, 6.45) is 1.68. The number of anilines is 1. The fourth-order valence-corrected chi connectivity index (χ4v) is 5.37. The van der Waals surface area contributed by atoms with Crippen LogP contribution in [0.15, 0.2) is 77.7 Å². The molecule has 2 aromatic heterocycles. The molecule has 5 rings (SSSR count). The number of carbonyl (C=O) groups excluding carboxylic acids is 1. The average molecular weight is 644 g/mol. The van der Waals surface area contributed by atoms with E-state index in [9.17, 15) is 19.5 Å². The molecule has 244 valence electrons. The Bertz CT molecular complexity index is 2010. The molecule has 0 radical (unpaired) electrons. The first-order valence-electron chi connectivity index (χ1n) is 14.7. The number of ether oxygens (including phenoxy) is 3. The molecule has 3 aromatic carbocycles. The van der Waals surface area contributed by atoms with Crippen LogP contribution in [-0.4, -0.2) is 51.6 Å². The van der Waals surface area contributed by atoms with Crippen molar-refractivity contribution in [3.05, 3.63) is 100 Å². The molecule has 0 aliphatic rings. The number of aromatic nitrogens is 3. The third kappa shape index (κ3) is 6.79. The Hall–Kier alpha value is -5.69. The Morgan fingerprint density at radius 2 is 1.70 bits per heavy atom. The molecule has 1 unspecified atom stereocenters. The van der Waals surface area contributed by atoms with Gasteiger partial charge in [-0.05, 0) is 55.7 Å². The number of para-hydroxylation sites is 1. The normalized spacial score (nSPS) is 12.4. The average Bonchev–Trinajstić information content (AvgIpc) is 3.29. The van der Waals surface area contributed by atoms with Crippen molar-refractivity contribution in [3.8, 4) is 28.7 Å². The van der Waals surface area contributed by atoms with Gasteiger partial charge in [-0.1, -0.05) is 25.1 Å². The minimum atomic E-state index is -1.12. The minimum Gasteiger partial charge on any atom is -0.493 e. The second kappa shape index (κ2) is 13.7. The molecule has 47 heavy (non-hydrogen) atoms. The lowest BCUT2D eigenvalue weighted by molar-refractivity contribution is -0.138. The van der Waals surface area contributed by atoms with Crippen LogP contribution in [0.3, 0.4) is 0 Å². The monoisotopic (exact) mass is 643 g/mol. The van der Waals surface area contributed by atoms with Crippen molar-refractivity contribution >= 4 is 28.5 Å². The van der Waals surface area contributed by atoms with Crippen molar-refractivity contribution in [1.82, 2.24) is 14.3 Å². The van der Waals surface area contributed by atoms with E-state index in [1.165, 1.54) is 37.2 Å². The van der Waals surface area contributed by atoms with Gasteiger partial charge in [-0.15, -0.1) is 0 Å². The van der Waals surface area contributed by atoms with Gasteiger partial charge in [-0.2, -0.15) is 0 Å². The summed E-state index contributed by atoms with van der Waals surface area (Å²) in [5, 5.41) is 12.4. The first-order valence-corrected chi connectivity index (χ1v) is 14.7. The maximum absolute atomic E-state index is 15.3. The molecule has 0 saturated heterocycles. The predicted octanol–water partition coefficient (Wildman–Crippen LogP) is 5.13. The van der Waals surface area contributed by atoms with Crippen molar-refractivity contribution in [2.24, 2.45) is 11.7 Å². The van der Waals surface area contributed by atoms with Gasteiger partial charge in [0.15, 0.2) is 23.1 Å². The lowest BCUT2D eigenvalue weighted by Crippen LogP contribution is -2.33. The Kier molecular flexibility index (Phi) is 9.56. The Morgan fingerprint density at radius 1 is 1.00 bits per heavy atom. The van der Waals surface area contributed by atoms with Gasteiger partial charge in [0.05, 0.1) is 31.1 Å². The predicted molar refractivity (Wildman–Crippen MR) is 173 cm³/mol. The number of hydrogen-bond acceptors (Lipinski definition) is 8. The summed E-state index contributed by atoms with van der Waals surface area (Å²) in [5.41, 5.74) is 6.54. The Balaban J connectivity index is 1.42. The lowest BCUT2D eigenvalue weighted by atomic mass is 10.0. The molecule has 0 aliphatic heterocycles. The molecule has 12 nitrogen and oxygen atoms in total. The molecule has 2 heterocycles. The number of pyridine rings is 1. The molecule has 0 bridgehead atoms. The van der Waals surface area contributed by atoms with Crippen molar-refractivity contribution in [3.63, 3.8) is 0 Å². The summed E-state index contributed by atoms with van der Waals surface area (Å²) in [5.74, 6) is -1.72. The van der Waals surface area contributed by atoms with E-state index >= 15 is 4.39 Å². The summed E-state index contributed by atoms with van der Waals surface area (Å²) < 4.78 is 35.0. The number of methoxy groups -OCH3 is 2. The number of carboxylic acid groups (broad SMARTS) is 1. The van der Waals surface area contributed by atoms with Crippen LogP contribution < -0.4 is 30.8 Å². The third-order valence-electron chi connectivity index (χ3n) is 7.70. The first kappa shape index (κ1) is 32.7. The first-order chi connectivity index (χ1) is 22.5. The summed E-state index contributed by atoms with van der Waals surface area (Å²) in [6, 6.07) is 16.5. The van der Waals surface area contributed by atoms with E-state index in [2.05, 4.69) is 10.3 Å². The molecule has 0 spiro atoms. The summed E-state index contributed by atoms with van der Waals surface area (Å²) in [6.45, 7) is 3.66. The van der Waals surface area contributed by atoms with E-state index < -0.39 is 29.3 Å². The quantitative estimate of drug-likeness (QED) is 0.167. The number of rotatable bonds is 12. The number of nitrogens with zero attached hydrogens (tertiary/aromatic N) is 3. The third-order valence-corrected chi connectivity index (χ3v) is 7.70. The van der Waals surface area contributed by atoms with Crippen LogP contribution in [0, 0.1) is 18.7 Å². The van der Waals surface area contributed by atoms with Gasteiger partial charge >= 0.3 is 5.97 Å². The van der Waals surface area contributed by atoms with E-state index in [4.69, 9.17) is 19.9 Å². The van der Waals surface area contributed by atoms with Crippen molar-refractivity contribution in [2.75, 3.05) is 19.5 Å². The number of nitrogens with two attached hydrogens (primary N) is 1. The number of amides is 1. The fraction of sp³-hybridized carbons (Fsp3) is 0.235. The van der Waals surface area contributed by atoms with E-state index in [-0.39, 0.29) is 35.9 Å². The lowest BCUT2D eigenvalue weighted by Gasteiger charge is -2.19. The van der Waals surface area contributed by atoms with E-state index in [1.54, 1.807) is 60.1 Å². The van der Waals surface area contributed by atoms with Gasteiger partial charge in [-0.3, -0.25) is 24.0 Å². The number of nitrogens with one attached hydrogen (secondary N) is 1. The maximum Gasteiger partial charge on any atom is 0.320 e. The van der Waals surface area contributed by atoms with Crippen molar-refractivity contribution in [1.29, 1.82) is 0 Å². The molecule has 0 aliphatic carbocycles. The molecular formula is C34H34FN5O7. The second-order valence-electron chi connectivity index (χ2n) is 11.0. The van der Waals surface area contributed by atoms with Crippen LogP contribution in [0.1, 0.15) is 29.4 Å². The van der Waals surface area contributed by atoms with Crippen LogP contribution in [0.5, 0.6) is 23.0 Å². The van der Waals surface area contributed by atoms with Gasteiger partial charge in [0.2, 0.25) is 0 Å². The zero-order valence-electron chi connectivity index (χ0n) is 26.2. The zero-order chi connectivity index (χ0) is 33.8. The van der Waals surface area contributed by atoms with Crippen LogP contribution in [0.4, 0.5) is 10.1 Å². The van der Waals surface area contributed by atoms with Crippen LogP contribution in [0.25, 0.3) is 16.6 Å². The van der Waals surface area contributed by atoms with Crippen molar-refractivity contribution < 1.29 is 33.3 Å². The number of carboxylic acids is 1. The highest BCUT2D eigenvalue weighted by Crippen LogP contribution is 2.37. The number of aliphatic carboxylic acids is 1. The molecule has 2 atom stereocenters. The number of carbonyl (C=O) groups is 2. The SMILES string of the molecule is COc1cc2nccc(Oc3ccc(NC(=O)c4c(C)n(C[C@H](C)CC(N)C(=O)O)n(-c5ccccc5)c4=O)cc3F)c2cc1OC. The largest absolute Gasteiger partial charge is 0.493 e. The molecule has 4 N–H and O–H groups in total. The maximum atomic E-state index is 15.3. The van der Waals surface area contributed by atoms with Gasteiger partial charge in [0.25, 0.3) is 11.5 Å². The zero-order valence-corrected chi connectivity index (χ0v) is 26.2. The molecule has 0 saturated carbocycles. The van der Waals surface area contributed by atoms with Gasteiger partial charge in [0.1, 0.15) is 17.4 Å². The second-order valence-corrected chi connectivity index (χ2v) is 11.0. The van der Waals surface area contributed by atoms with Crippen LogP contribution in [0.2, 0.25) is 0 Å². The topological polar surface area (TPSA) is 160 Å². The number of hydrogen-bond donors (Lipinski definition) is 3. The highest BCUT2D eigenvalue weighted by atomic mass is 19.1. The van der Waals surface area contributed by atoms with E-state index in [1.807, 2.05) is 6.92 Å². The molecule has 0 fully saturated rings. The minimum absolute atomic E-state index is 0.101.